The zero-order chi connectivity index (χ0) is 35.5. The fourth-order valence-electron chi connectivity index (χ4n) is 5.67. The number of benzene rings is 2. The Morgan fingerprint density at radius 1 is 0.745 bits per heavy atom. The molecule has 0 aromatic heterocycles. The average molecular weight is 739 g/mol. The Bertz CT molecular complexity index is 1780. The van der Waals surface area contributed by atoms with Gasteiger partial charge < -0.3 is 40.3 Å². The van der Waals surface area contributed by atoms with Gasteiger partial charge in [0.1, 0.15) is 31.1 Å². The lowest BCUT2D eigenvalue weighted by Crippen LogP contribution is -2.45. The van der Waals surface area contributed by atoms with E-state index < -0.39 is 29.9 Å². The summed E-state index contributed by atoms with van der Waals surface area (Å²) in [5.74, 6) is 9.29. The predicted molar refractivity (Wildman–Crippen MR) is 196 cm³/mol. The van der Waals surface area contributed by atoms with Gasteiger partial charge in [-0.05, 0) is 55.2 Å². The van der Waals surface area contributed by atoms with Gasteiger partial charge in [0.2, 0.25) is 11.8 Å². The fraction of sp³-hybridized carbons (Fsp3) is 0.389. The number of Topliss-reactive ketones (excluding diaryl/α,β-unsaturated/α-hetero) is 1. The van der Waals surface area contributed by atoms with Crippen LogP contribution in [0.4, 0.5) is 0 Å². The molecule has 0 bridgehead atoms. The van der Waals surface area contributed by atoms with E-state index in [1.165, 1.54) is 23.8 Å². The highest BCUT2D eigenvalue weighted by Crippen LogP contribution is 2.30. The Morgan fingerprint density at radius 2 is 1.18 bits per heavy atom. The first kappa shape index (κ1) is 42.4. The third kappa shape index (κ3) is 10.8. The smallest absolute Gasteiger partial charge is 0.305 e. The third-order valence-electron chi connectivity index (χ3n) is 8.19. The fourth-order valence-corrected chi connectivity index (χ4v) is 5.67. The van der Waals surface area contributed by atoms with Crippen LogP contribution in [-0.2, 0) is 46.5 Å². The number of carbonyl (C=O) groups excluding carboxylic acids is 6. The number of amides is 4. The molecule has 15 heteroatoms. The Hall–Kier alpha value is -4.80. The van der Waals surface area contributed by atoms with Crippen LogP contribution in [0.2, 0.25) is 0 Å². The van der Waals surface area contributed by atoms with E-state index in [9.17, 15) is 28.8 Å². The molecule has 0 saturated heterocycles. The molecule has 0 unspecified atom stereocenters. The summed E-state index contributed by atoms with van der Waals surface area (Å²) in [6.07, 6.45) is 0.318. The van der Waals surface area contributed by atoms with Crippen LogP contribution in [0, 0.1) is 23.7 Å². The van der Waals surface area contributed by atoms with Crippen molar-refractivity contribution in [1.29, 1.82) is 0 Å². The summed E-state index contributed by atoms with van der Waals surface area (Å²) < 4.78 is 15.7. The van der Waals surface area contributed by atoms with E-state index >= 15 is 0 Å². The monoisotopic (exact) mass is 738 g/mol. The summed E-state index contributed by atoms with van der Waals surface area (Å²) >= 11 is 0. The quantitative estimate of drug-likeness (QED) is 0.154. The van der Waals surface area contributed by atoms with Gasteiger partial charge in [0.15, 0.2) is 0 Å². The Labute approximate surface area is 310 Å². The number of hydrogen-bond donors (Lipinski definition) is 2. The van der Waals surface area contributed by atoms with Gasteiger partial charge in [-0.15, -0.1) is 0 Å². The number of ether oxygens (including phenoxy) is 3. The number of hydrogen-bond acceptors (Lipinski definition) is 9. The highest BCUT2D eigenvalue weighted by Gasteiger charge is 2.37. The highest BCUT2D eigenvalue weighted by molar-refractivity contribution is 7.59. The first-order valence-corrected chi connectivity index (χ1v) is 15.7. The molecule has 4 amide bonds. The van der Waals surface area contributed by atoms with E-state index in [1.807, 2.05) is 0 Å². The molecular weight excluding hydrogens is 697 g/mol. The lowest BCUT2D eigenvalue weighted by molar-refractivity contribution is -0.141. The number of methoxy groups -OCH3 is 1. The van der Waals surface area contributed by atoms with Gasteiger partial charge in [0.05, 0.1) is 20.3 Å². The number of fused-ring (bicyclic) bond motifs is 2. The van der Waals surface area contributed by atoms with Crippen molar-refractivity contribution in [2.45, 2.75) is 57.8 Å². The second-order valence-electron chi connectivity index (χ2n) is 11.4. The molecule has 4 N–H and O–H groups in total. The van der Waals surface area contributed by atoms with Crippen LogP contribution in [-0.4, -0.2) is 90.8 Å². The lowest BCUT2D eigenvalue weighted by atomic mass is 10.0. The molecule has 2 heterocycles. The molecule has 0 spiro atoms. The van der Waals surface area contributed by atoms with Crippen LogP contribution < -0.4 is 11.5 Å². The largest absolute Gasteiger partial charge is 0.469 e. The minimum absolute atomic E-state index is 0. The average Bonchev–Trinajstić information content (AvgIpc) is 3.58. The Kier molecular flexibility index (Phi) is 16.7. The summed E-state index contributed by atoms with van der Waals surface area (Å²) in [6, 6.07) is 8.49. The van der Waals surface area contributed by atoms with E-state index in [0.29, 0.717) is 33.4 Å². The number of nitrogens with zero attached hydrogens (tertiary/aromatic N) is 2. The number of esters is 1. The molecule has 0 fully saturated rings. The standard InChI is InChI=1S/C36H38N4O9.2H2S/c1-23(41)13-14-30(33(37)43)39-21-28-24(7-3-11-26(28)35(39)45)9-5-17-48-19-20-49-18-6-10-25-8-4-12-27-29(25)22-40(36(27)46)31(34(38)44)15-16-32(42)47-2;;/h3-4,7-8,11-12,30-31H,13-22H2,1-2H3,(H2,37,43)(H2,38,44);2*1H2/t30-,31-;;/m0../s1. The third-order valence-corrected chi connectivity index (χ3v) is 8.19. The van der Waals surface area contributed by atoms with Gasteiger partial charge in [-0.3, -0.25) is 24.0 Å². The molecule has 2 aromatic rings. The normalized spacial score (nSPS) is 13.6. The second-order valence-corrected chi connectivity index (χ2v) is 11.4. The molecular formula is C36H42N4O9S2. The number of ketones is 1. The molecule has 272 valence electrons. The molecule has 2 aliphatic heterocycles. The van der Waals surface area contributed by atoms with Crippen molar-refractivity contribution in [3.8, 4) is 23.7 Å². The Morgan fingerprint density at radius 3 is 1.57 bits per heavy atom. The van der Waals surface area contributed by atoms with Gasteiger partial charge in [-0.2, -0.15) is 27.0 Å². The maximum Gasteiger partial charge on any atom is 0.305 e. The van der Waals surface area contributed by atoms with E-state index in [-0.39, 0.29) is 110 Å². The van der Waals surface area contributed by atoms with Crippen LogP contribution in [0.25, 0.3) is 0 Å². The first-order valence-electron chi connectivity index (χ1n) is 15.7. The maximum absolute atomic E-state index is 13.0. The van der Waals surface area contributed by atoms with Crippen LogP contribution in [0.15, 0.2) is 36.4 Å². The van der Waals surface area contributed by atoms with Crippen molar-refractivity contribution in [2.75, 3.05) is 33.5 Å². The molecule has 2 atom stereocenters. The van der Waals surface area contributed by atoms with Crippen molar-refractivity contribution >= 4 is 62.4 Å². The predicted octanol–water partition coefficient (Wildman–Crippen LogP) is 1.29. The summed E-state index contributed by atoms with van der Waals surface area (Å²) in [4.78, 5) is 76.0. The van der Waals surface area contributed by atoms with Crippen molar-refractivity contribution < 1.29 is 43.0 Å². The van der Waals surface area contributed by atoms with Gasteiger partial charge in [-0.1, -0.05) is 35.8 Å². The molecule has 2 aliphatic rings. The van der Waals surface area contributed by atoms with Gasteiger partial charge in [0.25, 0.3) is 11.8 Å². The molecule has 0 aliphatic carbocycles. The zero-order valence-electron chi connectivity index (χ0n) is 28.4. The number of nitrogens with two attached hydrogens (primary N) is 2. The van der Waals surface area contributed by atoms with Crippen molar-refractivity contribution in [3.05, 3.63) is 69.8 Å². The Balaban J connectivity index is 0.00000451. The summed E-state index contributed by atoms with van der Waals surface area (Å²) in [7, 11) is 1.25. The summed E-state index contributed by atoms with van der Waals surface area (Å²) in [5.41, 5.74) is 14.6. The van der Waals surface area contributed by atoms with E-state index in [0.717, 1.165) is 0 Å². The van der Waals surface area contributed by atoms with Crippen molar-refractivity contribution in [2.24, 2.45) is 11.5 Å². The topological polar surface area (TPSA) is 189 Å². The SMILES string of the molecule is COC(=O)CC[C@@H](C(N)=O)N1Cc2c(C#CCOCCOCC#Cc3cccc4c3CN([C@@H](CCC(C)=O)C(N)=O)C4=O)cccc2C1=O.S.S. The van der Waals surface area contributed by atoms with E-state index in [4.69, 9.17) is 20.9 Å². The first-order chi connectivity index (χ1) is 23.5. The zero-order valence-corrected chi connectivity index (χ0v) is 30.4. The highest BCUT2D eigenvalue weighted by atomic mass is 32.1. The number of primary amides is 2. The van der Waals surface area contributed by atoms with Crippen LogP contribution >= 0.6 is 27.0 Å². The van der Waals surface area contributed by atoms with Gasteiger partial charge in [0, 0.05) is 48.2 Å². The van der Waals surface area contributed by atoms with Crippen LogP contribution in [0.1, 0.15) is 75.6 Å². The molecule has 2 aromatic carbocycles. The van der Waals surface area contributed by atoms with Crippen LogP contribution in [0.5, 0.6) is 0 Å². The van der Waals surface area contributed by atoms with Crippen LogP contribution in [0.3, 0.4) is 0 Å². The second kappa shape index (κ2) is 20.1. The molecule has 13 nitrogen and oxygen atoms in total. The summed E-state index contributed by atoms with van der Waals surface area (Å²) in [5, 5.41) is 0. The summed E-state index contributed by atoms with van der Waals surface area (Å²) in [6.45, 7) is 2.48. The van der Waals surface area contributed by atoms with Crippen molar-refractivity contribution in [3.63, 3.8) is 0 Å². The maximum atomic E-state index is 13.0. The molecule has 0 radical (unpaired) electrons. The minimum atomic E-state index is -0.957. The molecule has 51 heavy (non-hydrogen) atoms. The van der Waals surface area contributed by atoms with Crippen molar-refractivity contribution in [1.82, 2.24) is 9.80 Å². The lowest BCUT2D eigenvalue weighted by Gasteiger charge is -2.24. The molecule has 4 rings (SSSR count). The number of carbonyl (C=O) groups is 6. The van der Waals surface area contributed by atoms with E-state index in [2.05, 4.69) is 28.4 Å². The number of rotatable bonds is 15. The van der Waals surface area contributed by atoms with E-state index in [1.54, 1.807) is 36.4 Å². The van der Waals surface area contributed by atoms with Gasteiger partial charge in [-0.25, -0.2) is 0 Å². The van der Waals surface area contributed by atoms with Gasteiger partial charge >= 0.3 is 5.97 Å². The minimum Gasteiger partial charge on any atom is -0.469 e. The molecule has 0 saturated carbocycles.